The summed E-state index contributed by atoms with van der Waals surface area (Å²) in [7, 11) is 4.50. The minimum absolute atomic E-state index is 0.162. The van der Waals surface area contributed by atoms with Crippen LogP contribution in [0.5, 0.6) is 28.7 Å². The summed E-state index contributed by atoms with van der Waals surface area (Å²) >= 11 is 0. The van der Waals surface area contributed by atoms with E-state index in [9.17, 15) is 24.9 Å². The van der Waals surface area contributed by atoms with Crippen molar-refractivity contribution < 1.29 is 63.2 Å². The fourth-order valence-electron chi connectivity index (χ4n) is 6.85. The first kappa shape index (κ1) is 33.5. The molecule has 0 amide bonds. The summed E-state index contributed by atoms with van der Waals surface area (Å²) in [4.78, 5) is 26.3. The third-order valence-electron chi connectivity index (χ3n) is 9.21. The first-order valence-electron chi connectivity index (χ1n) is 15.9. The van der Waals surface area contributed by atoms with E-state index in [2.05, 4.69) is 10.3 Å². The van der Waals surface area contributed by atoms with Crippen LogP contribution in [0.15, 0.2) is 48.9 Å². The number of hydrogen-bond acceptors (Lipinski definition) is 13. The second-order valence-electron chi connectivity index (χ2n) is 12.3. The Morgan fingerprint density at radius 3 is 2.62 bits per heavy atom. The predicted molar refractivity (Wildman–Crippen MR) is 171 cm³/mol. The van der Waals surface area contributed by atoms with Crippen molar-refractivity contribution in [1.29, 1.82) is 0 Å². The van der Waals surface area contributed by atoms with E-state index in [0.717, 1.165) is 27.6 Å². The van der Waals surface area contributed by atoms with Gasteiger partial charge in [0.25, 0.3) is 0 Å². The van der Waals surface area contributed by atoms with Gasteiger partial charge in [-0.25, -0.2) is 0 Å². The maximum atomic E-state index is 12.1. The zero-order valence-corrected chi connectivity index (χ0v) is 27.3. The summed E-state index contributed by atoms with van der Waals surface area (Å²) in [6.07, 6.45) is -5.19. The summed E-state index contributed by atoms with van der Waals surface area (Å²) < 4.78 is 43.3. The Morgan fingerprint density at radius 2 is 1.90 bits per heavy atom. The number of esters is 1. The number of aliphatic hydroxyl groups is 3. The van der Waals surface area contributed by atoms with Crippen LogP contribution in [0.25, 0.3) is 10.9 Å². The SMILES string of the molecule is CNC(OC(=O)CC(=O)O)C1OC(Oc2cc(Cn3cc4cc[nH]c4c3)c3c(c2)OCC2c4ccc(OC)c(OC)c4OC32)C(O)C(O)C1O. The molecule has 8 unspecified atom stereocenters. The van der Waals surface area contributed by atoms with Crippen LogP contribution in [0.3, 0.4) is 0 Å². The maximum Gasteiger partial charge on any atom is 0.318 e. The molecule has 1 saturated heterocycles. The molecule has 2 aromatic heterocycles. The second kappa shape index (κ2) is 13.4. The van der Waals surface area contributed by atoms with Gasteiger partial charge >= 0.3 is 11.9 Å². The molecule has 50 heavy (non-hydrogen) atoms. The van der Waals surface area contributed by atoms with Gasteiger partial charge in [-0.05, 0) is 30.8 Å². The van der Waals surface area contributed by atoms with Gasteiger partial charge in [-0.15, -0.1) is 0 Å². The molecular weight excluding hydrogens is 658 g/mol. The lowest BCUT2D eigenvalue weighted by molar-refractivity contribution is -0.291. The van der Waals surface area contributed by atoms with E-state index in [1.165, 1.54) is 7.05 Å². The number of fused-ring (bicyclic) bond motifs is 6. The Hall–Kier alpha value is -5.00. The second-order valence-corrected chi connectivity index (χ2v) is 12.3. The van der Waals surface area contributed by atoms with Gasteiger partial charge in [0, 0.05) is 47.7 Å². The largest absolute Gasteiger partial charge is 0.493 e. The molecule has 0 saturated carbocycles. The number of aliphatic hydroxyl groups excluding tert-OH is 3. The number of rotatable bonds is 11. The average Bonchev–Trinajstić information content (AvgIpc) is 3.80. The van der Waals surface area contributed by atoms with Gasteiger partial charge in [0.05, 0.1) is 32.3 Å². The molecule has 2 aromatic carbocycles. The number of carboxylic acid groups (broad SMARTS) is 1. The molecule has 8 atom stereocenters. The molecule has 3 aliphatic rings. The number of carbonyl (C=O) groups excluding carboxylic acids is 1. The Morgan fingerprint density at radius 1 is 1.08 bits per heavy atom. The van der Waals surface area contributed by atoms with E-state index >= 15 is 0 Å². The molecule has 7 rings (SSSR count). The molecule has 5 heterocycles. The zero-order chi connectivity index (χ0) is 35.3. The van der Waals surface area contributed by atoms with Crippen molar-refractivity contribution in [2.45, 2.75) is 61.9 Å². The van der Waals surface area contributed by atoms with E-state index < -0.39 is 61.4 Å². The van der Waals surface area contributed by atoms with Crippen molar-refractivity contribution in [3.63, 3.8) is 0 Å². The first-order chi connectivity index (χ1) is 24.1. The summed E-state index contributed by atoms with van der Waals surface area (Å²) in [5, 5.41) is 45.0. The number of hydrogen-bond donors (Lipinski definition) is 6. The molecule has 3 aliphatic heterocycles. The number of aliphatic carboxylic acids is 1. The van der Waals surface area contributed by atoms with E-state index in [1.807, 2.05) is 41.4 Å². The third kappa shape index (κ3) is 5.94. The Balaban J connectivity index is 1.22. The van der Waals surface area contributed by atoms with E-state index in [1.54, 1.807) is 26.4 Å². The number of carbonyl (C=O) groups is 2. The van der Waals surface area contributed by atoms with Crippen LogP contribution in [0, 0.1) is 0 Å². The molecule has 6 N–H and O–H groups in total. The van der Waals surface area contributed by atoms with Crippen LogP contribution in [-0.2, 0) is 25.6 Å². The fourth-order valence-corrected chi connectivity index (χ4v) is 6.85. The quantitative estimate of drug-likeness (QED) is 0.0744. The van der Waals surface area contributed by atoms with Gasteiger partial charge in [0.15, 0.2) is 17.7 Å². The molecule has 0 radical (unpaired) electrons. The minimum atomic E-state index is -1.78. The highest BCUT2D eigenvalue weighted by Gasteiger charge is 2.49. The molecule has 16 nitrogen and oxygen atoms in total. The number of aromatic amines is 1. The number of carboxylic acids is 1. The predicted octanol–water partition coefficient (Wildman–Crippen LogP) is 1.39. The molecule has 266 valence electrons. The van der Waals surface area contributed by atoms with Crippen LogP contribution >= 0.6 is 0 Å². The van der Waals surface area contributed by atoms with Gasteiger partial charge < -0.3 is 63.1 Å². The average molecular weight is 696 g/mol. The Labute approximate surface area is 285 Å². The smallest absolute Gasteiger partial charge is 0.318 e. The molecule has 0 aliphatic carbocycles. The van der Waals surface area contributed by atoms with Crippen LogP contribution in [0.2, 0.25) is 0 Å². The minimum Gasteiger partial charge on any atom is -0.493 e. The summed E-state index contributed by atoms with van der Waals surface area (Å²) in [5.74, 6) is -0.417. The fraction of sp³-hybridized carbons (Fsp3) is 0.412. The lowest BCUT2D eigenvalue weighted by Gasteiger charge is -2.42. The molecule has 4 aromatic rings. The van der Waals surface area contributed by atoms with Crippen LogP contribution in [0.1, 0.15) is 35.1 Å². The number of benzene rings is 2. The van der Waals surface area contributed by atoms with E-state index in [0.29, 0.717) is 29.5 Å². The van der Waals surface area contributed by atoms with Crippen molar-refractivity contribution in [3.8, 4) is 28.7 Å². The monoisotopic (exact) mass is 695 g/mol. The van der Waals surface area contributed by atoms with Gasteiger partial charge in [0.2, 0.25) is 12.0 Å². The van der Waals surface area contributed by atoms with E-state index in [4.69, 9.17) is 38.3 Å². The molecular formula is C34H37N3O13. The van der Waals surface area contributed by atoms with Crippen molar-refractivity contribution >= 4 is 22.8 Å². The van der Waals surface area contributed by atoms with Gasteiger partial charge in [-0.1, -0.05) is 6.07 Å². The highest BCUT2D eigenvalue weighted by atomic mass is 16.7. The van der Waals surface area contributed by atoms with Gasteiger partial charge in [-0.2, -0.15) is 0 Å². The number of likely N-dealkylation sites (N-methyl/N-ethyl adjacent to an activating group) is 1. The van der Waals surface area contributed by atoms with Crippen molar-refractivity contribution in [2.24, 2.45) is 0 Å². The lowest BCUT2D eigenvalue weighted by Crippen LogP contribution is -2.64. The number of H-pyrrole nitrogens is 1. The summed E-state index contributed by atoms with van der Waals surface area (Å²) in [6, 6.07) is 9.12. The van der Waals surface area contributed by atoms with Crippen LogP contribution in [-0.4, -0.2) is 107 Å². The molecule has 1 fully saturated rings. The van der Waals surface area contributed by atoms with E-state index in [-0.39, 0.29) is 18.3 Å². The van der Waals surface area contributed by atoms with Crippen molar-refractivity contribution in [2.75, 3.05) is 27.9 Å². The van der Waals surface area contributed by atoms with Gasteiger partial charge in [-0.3, -0.25) is 14.9 Å². The summed E-state index contributed by atoms with van der Waals surface area (Å²) in [5.41, 5.74) is 3.41. The molecule has 16 heteroatoms. The standard InChI is InChI=1S/C34H37N3O13/c1-35-33(48-24(40)10-23(38)39)32-27(42)26(41)28(43)34(50-32)47-17-8-16(12-37-11-15-6-7-36-20(15)13-37)25-22(9-17)46-14-19-18-4-5-21(44-2)31(45-3)30(18)49-29(19)25/h4-9,11,13,19,26-29,32-36,41-43H,10,12,14H2,1-3H3,(H,38,39). The number of aromatic nitrogens is 2. The number of methoxy groups -OCH3 is 2. The topological polar surface area (TPSA) is 212 Å². The zero-order valence-electron chi connectivity index (χ0n) is 27.3. The van der Waals surface area contributed by atoms with Gasteiger partial charge in [0.1, 0.15) is 48.4 Å². The Kier molecular flexibility index (Phi) is 8.96. The van der Waals surface area contributed by atoms with Crippen molar-refractivity contribution in [3.05, 3.63) is 65.6 Å². The molecule has 0 bridgehead atoms. The number of nitrogens with one attached hydrogen (secondary N) is 2. The van der Waals surface area contributed by atoms with Crippen LogP contribution < -0.4 is 29.0 Å². The Bertz CT molecular complexity index is 1880. The van der Waals surface area contributed by atoms with Crippen molar-refractivity contribution in [1.82, 2.24) is 14.9 Å². The number of ether oxygens (including phenoxy) is 7. The first-order valence-corrected chi connectivity index (χ1v) is 15.9. The molecule has 0 spiro atoms. The maximum absolute atomic E-state index is 12.1. The van der Waals surface area contributed by atoms with Crippen LogP contribution in [0.4, 0.5) is 0 Å². The summed E-state index contributed by atoms with van der Waals surface area (Å²) in [6.45, 7) is 0.644. The lowest BCUT2D eigenvalue weighted by atomic mass is 9.86. The third-order valence-corrected chi connectivity index (χ3v) is 9.21. The highest BCUT2D eigenvalue weighted by Crippen LogP contribution is 2.57. The normalized spacial score (nSPS) is 25.8. The number of nitrogens with zero attached hydrogens (tertiary/aromatic N) is 1. The highest BCUT2D eigenvalue weighted by molar-refractivity contribution is 5.90.